The highest BCUT2D eigenvalue weighted by atomic mass is 16.7. The fraction of sp³-hybridized carbons (Fsp3) is 0.625. The Morgan fingerprint density at radius 3 is 2.58 bits per heavy atom. The molecule has 0 bridgehead atoms. The maximum atomic E-state index is 10.2. The number of carbonyl (C=O) groups is 1. The maximum absolute atomic E-state index is 10.2. The minimum atomic E-state index is -1.28. The van der Waals surface area contributed by atoms with Crippen LogP contribution in [0.5, 0.6) is 0 Å². The maximum Gasteiger partial charge on any atom is 0.506 e. The highest BCUT2D eigenvalue weighted by Crippen LogP contribution is 2.08. The third kappa shape index (κ3) is 4.73. The van der Waals surface area contributed by atoms with E-state index in [0.717, 1.165) is 0 Å². The standard InChI is InChI=1S/C8H14O4/c1-6(2)7(4-5-11-3)12-8(9)10/h7H,1,4-5H2,2-3H3,(H,9,10). The molecule has 0 amide bonds. The van der Waals surface area contributed by atoms with Crippen LogP contribution >= 0.6 is 0 Å². The third-order valence-corrected chi connectivity index (χ3v) is 1.38. The summed E-state index contributed by atoms with van der Waals surface area (Å²) in [6.07, 6.45) is -1.22. The fourth-order valence-electron chi connectivity index (χ4n) is 0.753. The highest BCUT2D eigenvalue weighted by molar-refractivity contribution is 5.57. The Hall–Kier alpha value is -1.03. The van der Waals surface area contributed by atoms with Gasteiger partial charge in [-0.25, -0.2) is 4.79 Å². The van der Waals surface area contributed by atoms with Gasteiger partial charge in [0.2, 0.25) is 0 Å². The van der Waals surface area contributed by atoms with Gasteiger partial charge in [0.15, 0.2) is 0 Å². The van der Waals surface area contributed by atoms with E-state index in [-0.39, 0.29) is 0 Å². The number of hydrogen-bond acceptors (Lipinski definition) is 3. The lowest BCUT2D eigenvalue weighted by molar-refractivity contribution is 0.0506. The van der Waals surface area contributed by atoms with Crippen molar-refractivity contribution in [3.05, 3.63) is 12.2 Å². The molecular weight excluding hydrogens is 160 g/mol. The fourth-order valence-corrected chi connectivity index (χ4v) is 0.753. The van der Waals surface area contributed by atoms with E-state index in [1.165, 1.54) is 0 Å². The average molecular weight is 174 g/mol. The second-order valence-corrected chi connectivity index (χ2v) is 2.50. The zero-order valence-electron chi connectivity index (χ0n) is 7.37. The second kappa shape index (κ2) is 5.60. The SMILES string of the molecule is C=C(C)C(CCOC)OC(=O)O. The monoisotopic (exact) mass is 174 g/mol. The molecule has 1 unspecified atom stereocenters. The van der Waals surface area contributed by atoms with E-state index in [2.05, 4.69) is 11.3 Å². The van der Waals surface area contributed by atoms with Gasteiger partial charge in [-0.2, -0.15) is 0 Å². The Balaban J connectivity index is 3.87. The molecule has 70 valence electrons. The molecule has 0 saturated heterocycles. The Bertz CT molecular complexity index is 164. The molecule has 0 radical (unpaired) electrons. The van der Waals surface area contributed by atoms with Crippen LogP contribution in [0.3, 0.4) is 0 Å². The van der Waals surface area contributed by atoms with Gasteiger partial charge in [0.05, 0.1) is 6.61 Å². The summed E-state index contributed by atoms with van der Waals surface area (Å²) < 4.78 is 9.34. The van der Waals surface area contributed by atoms with Gasteiger partial charge >= 0.3 is 6.16 Å². The summed E-state index contributed by atoms with van der Waals surface area (Å²) >= 11 is 0. The molecule has 0 saturated carbocycles. The molecule has 0 aromatic carbocycles. The van der Waals surface area contributed by atoms with Crippen molar-refractivity contribution in [2.24, 2.45) is 0 Å². The van der Waals surface area contributed by atoms with E-state index in [4.69, 9.17) is 9.84 Å². The van der Waals surface area contributed by atoms with Crippen molar-refractivity contribution in [3.63, 3.8) is 0 Å². The van der Waals surface area contributed by atoms with Crippen LogP contribution in [0.1, 0.15) is 13.3 Å². The van der Waals surface area contributed by atoms with E-state index >= 15 is 0 Å². The Morgan fingerprint density at radius 2 is 2.25 bits per heavy atom. The zero-order chi connectivity index (χ0) is 9.56. The van der Waals surface area contributed by atoms with Crippen LogP contribution in [0.15, 0.2) is 12.2 Å². The predicted molar refractivity (Wildman–Crippen MR) is 44.2 cm³/mol. The van der Waals surface area contributed by atoms with Gasteiger partial charge in [-0.15, -0.1) is 0 Å². The van der Waals surface area contributed by atoms with Gasteiger partial charge in [0.25, 0.3) is 0 Å². The van der Waals surface area contributed by atoms with Crippen LogP contribution in [0.4, 0.5) is 4.79 Å². The molecule has 0 aromatic rings. The van der Waals surface area contributed by atoms with Gasteiger partial charge in [0, 0.05) is 13.5 Å². The van der Waals surface area contributed by atoms with Gasteiger partial charge in [-0.3, -0.25) is 0 Å². The predicted octanol–water partition coefficient (Wildman–Crippen LogP) is 1.66. The number of rotatable bonds is 5. The Morgan fingerprint density at radius 1 is 1.67 bits per heavy atom. The molecule has 1 N–H and O–H groups in total. The number of ether oxygens (including phenoxy) is 2. The minimum absolute atomic E-state index is 0.456. The Kier molecular flexibility index (Phi) is 5.12. The van der Waals surface area contributed by atoms with Gasteiger partial charge < -0.3 is 14.6 Å². The summed E-state index contributed by atoms with van der Waals surface area (Å²) in [5.74, 6) is 0. The lowest BCUT2D eigenvalue weighted by atomic mass is 10.1. The number of methoxy groups -OCH3 is 1. The molecule has 1 atom stereocenters. The van der Waals surface area contributed by atoms with E-state index < -0.39 is 12.3 Å². The van der Waals surface area contributed by atoms with Crippen LogP contribution in [-0.4, -0.2) is 31.1 Å². The van der Waals surface area contributed by atoms with Gasteiger partial charge in [0.1, 0.15) is 6.10 Å². The van der Waals surface area contributed by atoms with Crippen LogP contribution in [0.2, 0.25) is 0 Å². The second-order valence-electron chi connectivity index (χ2n) is 2.50. The van der Waals surface area contributed by atoms with Crippen LogP contribution in [0.25, 0.3) is 0 Å². The lowest BCUT2D eigenvalue weighted by Gasteiger charge is -2.14. The summed E-state index contributed by atoms with van der Waals surface area (Å²) in [7, 11) is 1.55. The van der Waals surface area contributed by atoms with Crippen LogP contribution < -0.4 is 0 Å². The van der Waals surface area contributed by atoms with E-state index in [1.54, 1.807) is 14.0 Å². The molecule has 4 heteroatoms. The normalized spacial score (nSPS) is 12.2. The smallest absolute Gasteiger partial charge is 0.450 e. The van der Waals surface area contributed by atoms with Crippen molar-refractivity contribution in [2.75, 3.05) is 13.7 Å². The van der Waals surface area contributed by atoms with Crippen LogP contribution in [0, 0.1) is 0 Å². The highest BCUT2D eigenvalue weighted by Gasteiger charge is 2.13. The molecule has 12 heavy (non-hydrogen) atoms. The van der Waals surface area contributed by atoms with Crippen molar-refractivity contribution in [3.8, 4) is 0 Å². The van der Waals surface area contributed by atoms with Crippen molar-refractivity contribution in [1.82, 2.24) is 0 Å². The van der Waals surface area contributed by atoms with E-state index in [9.17, 15) is 4.79 Å². The quantitative estimate of drug-likeness (QED) is 0.508. The average Bonchev–Trinajstić information content (AvgIpc) is 1.96. The summed E-state index contributed by atoms with van der Waals surface area (Å²) in [4.78, 5) is 10.2. The minimum Gasteiger partial charge on any atom is -0.450 e. The van der Waals surface area contributed by atoms with Crippen molar-refractivity contribution < 1.29 is 19.4 Å². The number of carboxylic acid groups (broad SMARTS) is 1. The summed E-state index contributed by atoms with van der Waals surface area (Å²) in [6.45, 7) is 5.81. The van der Waals surface area contributed by atoms with Gasteiger partial charge in [-0.05, 0) is 12.5 Å². The molecule has 0 aliphatic rings. The van der Waals surface area contributed by atoms with Crippen molar-refractivity contribution >= 4 is 6.16 Å². The first-order chi connectivity index (χ1) is 5.57. The van der Waals surface area contributed by atoms with Crippen molar-refractivity contribution in [1.29, 1.82) is 0 Å². The molecule has 0 spiro atoms. The lowest BCUT2D eigenvalue weighted by Crippen LogP contribution is -2.19. The first kappa shape index (κ1) is 11.0. The van der Waals surface area contributed by atoms with Crippen LogP contribution in [-0.2, 0) is 9.47 Å². The number of hydrogen-bond donors (Lipinski definition) is 1. The Labute approximate surface area is 71.8 Å². The molecule has 4 nitrogen and oxygen atoms in total. The topological polar surface area (TPSA) is 55.8 Å². The van der Waals surface area contributed by atoms with Gasteiger partial charge in [-0.1, -0.05) is 6.58 Å². The molecular formula is C8H14O4. The first-order valence-corrected chi connectivity index (χ1v) is 3.61. The molecule has 0 aromatic heterocycles. The molecule has 0 aliphatic heterocycles. The molecule has 0 rings (SSSR count). The third-order valence-electron chi connectivity index (χ3n) is 1.38. The molecule has 0 fully saturated rings. The largest absolute Gasteiger partial charge is 0.506 e. The first-order valence-electron chi connectivity index (χ1n) is 3.61. The van der Waals surface area contributed by atoms with E-state index in [0.29, 0.717) is 18.6 Å². The molecule has 0 aliphatic carbocycles. The summed E-state index contributed by atoms with van der Waals surface area (Å²) in [5.41, 5.74) is 0.689. The summed E-state index contributed by atoms with van der Waals surface area (Å²) in [5, 5.41) is 8.33. The molecule has 0 heterocycles. The zero-order valence-corrected chi connectivity index (χ0v) is 7.37. The van der Waals surface area contributed by atoms with Crippen molar-refractivity contribution in [2.45, 2.75) is 19.4 Å². The van der Waals surface area contributed by atoms with E-state index in [1.807, 2.05) is 0 Å². The summed E-state index contributed by atoms with van der Waals surface area (Å²) in [6, 6.07) is 0.